The van der Waals surface area contributed by atoms with Crippen molar-refractivity contribution in [3.05, 3.63) is 35.9 Å². The molecule has 0 bridgehead atoms. The summed E-state index contributed by atoms with van der Waals surface area (Å²) in [6, 6.07) is 10.0. The fraction of sp³-hybridized carbons (Fsp3) is 0.526. The van der Waals surface area contributed by atoms with E-state index in [1.807, 2.05) is 44.2 Å². The molecular weight excluding hydrogens is 304 g/mol. The van der Waals surface area contributed by atoms with Crippen molar-refractivity contribution in [2.45, 2.75) is 40.0 Å². The van der Waals surface area contributed by atoms with Crippen molar-refractivity contribution in [1.29, 1.82) is 0 Å². The number of nitrogens with zero attached hydrogens (tertiary/aromatic N) is 1. The van der Waals surface area contributed by atoms with Crippen molar-refractivity contribution in [3.8, 4) is 0 Å². The van der Waals surface area contributed by atoms with Crippen LogP contribution in [0.3, 0.4) is 0 Å². The number of hydrogen-bond donors (Lipinski definition) is 1. The number of esters is 1. The van der Waals surface area contributed by atoms with E-state index in [1.54, 1.807) is 13.8 Å². The topological polar surface area (TPSA) is 67.8 Å². The maximum atomic E-state index is 12.2. The van der Waals surface area contributed by atoms with Crippen molar-refractivity contribution in [3.63, 3.8) is 0 Å². The monoisotopic (exact) mass is 330 g/mol. The van der Waals surface area contributed by atoms with Gasteiger partial charge in [-0.1, -0.05) is 44.2 Å². The van der Waals surface area contributed by atoms with E-state index in [4.69, 9.17) is 4.74 Å². The van der Waals surface area contributed by atoms with E-state index in [1.165, 1.54) is 5.56 Å². The molecule has 1 aromatic carbocycles. The van der Waals surface area contributed by atoms with Gasteiger partial charge in [0.15, 0.2) is 0 Å². The molecule has 1 amide bonds. The number of carbonyl (C=O) groups is 2. The first-order valence-electron chi connectivity index (χ1n) is 8.51. The van der Waals surface area contributed by atoms with Crippen LogP contribution in [0.4, 0.5) is 0 Å². The number of amides is 1. The van der Waals surface area contributed by atoms with Gasteiger partial charge in [0.1, 0.15) is 0 Å². The quantitative estimate of drug-likeness (QED) is 0.474. The molecule has 1 saturated carbocycles. The number of hydrazone groups is 1. The summed E-state index contributed by atoms with van der Waals surface area (Å²) in [6.45, 7) is 7.75. The third-order valence-corrected chi connectivity index (χ3v) is 4.35. The Hall–Kier alpha value is -2.17. The first kappa shape index (κ1) is 18.2. The molecule has 0 aromatic heterocycles. The number of nitrogens with one attached hydrogen (secondary N) is 1. The average Bonchev–Trinajstić information content (AvgIpc) is 3.34. The van der Waals surface area contributed by atoms with Crippen LogP contribution in [0.1, 0.15) is 45.6 Å². The van der Waals surface area contributed by atoms with E-state index >= 15 is 0 Å². The standard InChI is InChI=1S/C19H26N2O3/c1-5-24-19(23)17(12(2)3)13(4)20-21-18(22)16-11-15(16)14-9-7-6-8-10-14/h6-10,12,15-17H,5,11H2,1-4H3,(H,21,22)/t15-,16+,17+/m1/s1. The highest BCUT2D eigenvalue weighted by Gasteiger charge is 2.44. The lowest BCUT2D eigenvalue weighted by atomic mass is 9.92. The van der Waals surface area contributed by atoms with Crippen molar-refractivity contribution >= 4 is 17.6 Å². The molecule has 1 aromatic rings. The molecule has 130 valence electrons. The maximum Gasteiger partial charge on any atom is 0.314 e. The second kappa shape index (κ2) is 8.08. The molecule has 3 atom stereocenters. The summed E-state index contributed by atoms with van der Waals surface area (Å²) in [6.07, 6.45) is 0.843. The predicted molar refractivity (Wildman–Crippen MR) is 93.5 cm³/mol. The van der Waals surface area contributed by atoms with Gasteiger partial charge in [0, 0.05) is 11.6 Å². The number of benzene rings is 1. The Bertz CT molecular complexity index is 610. The number of rotatable bonds is 7. The van der Waals surface area contributed by atoms with Gasteiger partial charge in [-0.3, -0.25) is 9.59 Å². The predicted octanol–water partition coefficient (Wildman–Crippen LogP) is 3.12. The number of ether oxygens (including phenoxy) is 1. The Kier molecular flexibility index (Phi) is 6.12. The Labute approximate surface area is 143 Å². The summed E-state index contributed by atoms with van der Waals surface area (Å²) >= 11 is 0. The van der Waals surface area contributed by atoms with Gasteiger partial charge < -0.3 is 4.74 Å². The van der Waals surface area contributed by atoms with E-state index in [9.17, 15) is 9.59 Å². The zero-order chi connectivity index (χ0) is 17.7. The molecule has 0 aliphatic heterocycles. The second-order valence-electron chi connectivity index (χ2n) is 6.56. The normalized spacial score (nSPS) is 21.3. The van der Waals surface area contributed by atoms with Crippen LogP contribution >= 0.6 is 0 Å². The summed E-state index contributed by atoms with van der Waals surface area (Å²) in [5.74, 6) is -0.528. The van der Waals surface area contributed by atoms with Gasteiger partial charge in [-0.15, -0.1) is 0 Å². The Morgan fingerprint density at radius 1 is 1.29 bits per heavy atom. The van der Waals surface area contributed by atoms with E-state index in [2.05, 4.69) is 10.5 Å². The third kappa shape index (κ3) is 4.43. The van der Waals surface area contributed by atoms with Crippen LogP contribution in [-0.2, 0) is 14.3 Å². The lowest BCUT2D eigenvalue weighted by Gasteiger charge is -2.18. The van der Waals surface area contributed by atoms with Crippen LogP contribution in [0.5, 0.6) is 0 Å². The molecule has 0 unspecified atom stereocenters. The van der Waals surface area contributed by atoms with E-state index in [-0.39, 0.29) is 29.6 Å². The Morgan fingerprint density at radius 3 is 2.54 bits per heavy atom. The first-order valence-corrected chi connectivity index (χ1v) is 8.51. The number of hydrogen-bond acceptors (Lipinski definition) is 4. The van der Waals surface area contributed by atoms with Gasteiger partial charge in [0.25, 0.3) is 0 Å². The van der Waals surface area contributed by atoms with Crippen LogP contribution in [0, 0.1) is 17.8 Å². The average molecular weight is 330 g/mol. The van der Waals surface area contributed by atoms with Gasteiger partial charge in [-0.2, -0.15) is 5.10 Å². The molecule has 1 N–H and O–H groups in total. The van der Waals surface area contributed by atoms with Crippen molar-refractivity contribution in [2.24, 2.45) is 22.9 Å². The SMILES string of the molecule is CCOC(=O)[C@H](C(C)=NNC(=O)[C@H]1C[C@@H]1c1ccccc1)C(C)C. The minimum absolute atomic E-state index is 0.0379. The van der Waals surface area contributed by atoms with Crippen LogP contribution in [0.2, 0.25) is 0 Å². The second-order valence-corrected chi connectivity index (χ2v) is 6.56. The summed E-state index contributed by atoms with van der Waals surface area (Å²) in [7, 11) is 0. The fourth-order valence-electron chi connectivity index (χ4n) is 3.01. The zero-order valence-electron chi connectivity index (χ0n) is 14.8. The highest BCUT2D eigenvalue weighted by molar-refractivity contribution is 6.01. The van der Waals surface area contributed by atoms with Gasteiger partial charge >= 0.3 is 5.97 Å². The fourth-order valence-corrected chi connectivity index (χ4v) is 3.01. The molecule has 1 aliphatic rings. The minimum atomic E-state index is -0.436. The van der Waals surface area contributed by atoms with E-state index in [0.29, 0.717) is 12.3 Å². The van der Waals surface area contributed by atoms with Gasteiger partial charge in [0.2, 0.25) is 5.91 Å². The maximum absolute atomic E-state index is 12.2. The molecule has 1 aliphatic carbocycles. The first-order chi connectivity index (χ1) is 11.5. The molecule has 5 heteroatoms. The van der Waals surface area contributed by atoms with Crippen LogP contribution in [-0.4, -0.2) is 24.2 Å². The molecule has 0 spiro atoms. The molecule has 0 saturated heterocycles. The van der Waals surface area contributed by atoms with Crippen LogP contribution in [0.25, 0.3) is 0 Å². The van der Waals surface area contributed by atoms with Crippen molar-refractivity contribution in [1.82, 2.24) is 5.43 Å². The Balaban J connectivity index is 1.94. The molecule has 2 rings (SSSR count). The molecule has 0 heterocycles. The molecular formula is C19H26N2O3. The largest absolute Gasteiger partial charge is 0.465 e. The molecule has 24 heavy (non-hydrogen) atoms. The van der Waals surface area contributed by atoms with Crippen LogP contribution in [0.15, 0.2) is 35.4 Å². The minimum Gasteiger partial charge on any atom is -0.465 e. The Morgan fingerprint density at radius 2 is 1.96 bits per heavy atom. The summed E-state index contributed by atoms with van der Waals surface area (Å²) in [4.78, 5) is 24.3. The van der Waals surface area contributed by atoms with E-state index < -0.39 is 5.92 Å². The van der Waals surface area contributed by atoms with Crippen LogP contribution < -0.4 is 5.43 Å². The summed E-state index contributed by atoms with van der Waals surface area (Å²) in [5, 5.41) is 4.15. The van der Waals surface area contributed by atoms with Gasteiger partial charge in [-0.05, 0) is 37.7 Å². The van der Waals surface area contributed by atoms with Gasteiger partial charge in [-0.25, -0.2) is 5.43 Å². The molecule has 0 radical (unpaired) electrons. The van der Waals surface area contributed by atoms with Gasteiger partial charge in [0.05, 0.1) is 12.5 Å². The number of carbonyl (C=O) groups excluding carboxylic acids is 2. The summed E-state index contributed by atoms with van der Waals surface area (Å²) < 4.78 is 5.10. The van der Waals surface area contributed by atoms with Crippen molar-refractivity contribution < 1.29 is 14.3 Å². The van der Waals surface area contributed by atoms with Crippen molar-refractivity contribution in [2.75, 3.05) is 6.61 Å². The zero-order valence-corrected chi connectivity index (χ0v) is 14.8. The van der Waals surface area contributed by atoms with E-state index in [0.717, 1.165) is 6.42 Å². The summed E-state index contributed by atoms with van der Waals surface area (Å²) in [5.41, 5.74) is 4.38. The molecule has 1 fully saturated rings. The molecule has 5 nitrogen and oxygen atoms in total. The smallest absolute Gasteiger partial charge is 0.314 e. The third-order valence-electron chi connectivity index (χ3n) is 4.35. The highest BCUT2D eigenvalue weighted by atomic mass is 16.5. The lowest BCUT2D eigenvalue weighted by molar-refractivity contribution is -0.146. The lowest BCUT2D eigenvalue weighted by Crippen LogP contribution is -2.31. The highest BCUT2D eigenvalue weighted by Crippen LogP contribution is 2.47.